The van der Waals surface area contributed by atoms with E-state index in [9.17, 15) is 0 Å². The Labute approximate surface area is 96.7 Å². The van der Waals surface area contributed by atoms with Crippen molar-refractivity contribution in [3.05, 3.63) is 23.8 Å². The Morgan fingerprint density at radius 1 is 1.20 bits per heavy atom. The molecule has 2 rings (SSSR count). The van der Waals surface area contributed by atoms with Gasteiger partial charge in [0.1, 0.15) is 0 Å². The molecule has 0 fully saturated rings. The quantitative estimate of drug-likeness (QED) is 0.798. The molecule has 0 aliphatic carbocycles. The molecular weight excluding hydrogens is 202 g/mol. The zero-order valence-corrected chi connectivity index (χ0v) is 10.7. The van der Waals surface area contributed by atoms with Gasteiger partial charge in [-0.3, -0.25) is 0 Å². The van der Waals surface area contributed by atoms with Gasteiger partial charge in [-0.1, -0.05) is 51.6 Å². The number of fused-ring (bicyclic) bond motifs is 1. The second-order valence-electron chi connectivity index (χ2n) is 4.81. The number of rotatable bonds is 2. The lowest BCUT2D eigenvalue weighted by molar-refractivity contribution is 0.656. The van der Waals surface area contributed by atoms with Crippen molar-refractivity contribution >= 4 is 17.4 Å². The maximum absolute atomic E-state index is 3.59. The minimum absolute atomic E-state index is 0.542. The van der Waals surface area contributed by atoms with E-state index in [2.05, 4.69) is 51.2 Å². The van der Waals surface area contributed by atoms with Gasteiger partial charge in [0.15, 0.2) is 0 Å². The third kappa shape index (κ3) is 2.00. The summed E-state index contributed by atoms with van der Waals surface area (Å²) in [5, 5.41) is 4.13. The Kier molecular flexibility index (Phi) is 2.96. The molecule has 0 saturated carbocycles. The summed E-state index contributed by atoms with van der Waals surface area (Å²) in [5.74, 6) is 1.28. The van der Waals surface area contributed by atoms with Gasteiger partial charge in [0, 0.05) is 10.6 Å². The first-order chi connectivity index (χ1) is 7.09. The molecular formula is C13H19NS. The third-order valence-electron chi connectivity index (χ3n) is 2.82. The van der Waals surface area contributed by atoms with Crippen LogP contribution in [-0.2, 0) is 0 Å². The van der Waals surface area contributed by atoms with Gasteiger partial charge < -0.3 is 5.32 Å². The highest BCUT2D eigenvalue weighted by molar-refractivity contribution is 8.00. The van der Waals surface area contributed by atoms with Crippen LogP contribution in [0.25, 0.3) is 0 Å². The van der Waals surface area contributed by atoms with E-state index < -0.39 is 0 Å². The first-order valence-electron chi connectivity index (χ1n) is 5.65. The van der Waals surface area contributed by atoms with Crippen molar-refractivity contribution in [2.45, 2.75) is 43.9 Å². The van der Waals surface area contributed by atoms with Crippen molar-refractivity contribution in [3.8, 4) is 0 Å². The molecule has 82 valence electrons. The van der Waals surface area contributed by atoms with Crippen LogP contribution in [0.4, 0.5) is 5.69 Å². The van der Waals surface area contributed by atoms with Crippen LogP contribution in [0.1, 0.15) is 39.2 Å². The predicted molar refractivity (Wildman–Crippen MR) is 68.6 cm³/mol. The summed E-state index contributed by atoms with van der Waals surface area (Å²) >= 11 is 1.99. The highest BCUT2D eigenvalue weighted by atomic mass is 32.2. The van der Waals surface area contributed by atoms with Crippen LogP contribution in [0.3, 0.4) is 0 Å². The molecule has 0 aromatic heterocycles. The average Bonchev–Trinajstić information content (AvgIpc) is 2.60. The molecule has 0 bridgehead atoms. The predicted octanol–water partition coefficient (Wildman–Crippen LogP) is 4.31. The van der Waals surface area contributed by atoms with Crippen molar-refractivity contribution in [1.82, 2.24) is 0 Å². The molecule has 15 heavy (non-hydrogen) atoms. The van der Waals surface area contributed by atoms with E-state index in [0.29, 0.717) is 17.2 Å². The summed E-state index contributed by atoms with van der Waals surface area (Å²) in [5.41, 5.74) is 2.80. The minimum atomic E-state index is 0.542. The van der Waals surface area contributed by atoms with Crippen LogP contribution >= 0.6 is 11.8 Å². The minimum Gasteiger partial charge on any atom is -0.372 e. The van der Waals surface area contributed by atoms with Gasteiger partial charge in [-0.15, -0.1) is 0 Å². The molecule has 1 nitrogen and oxygen atoms in total. The van der Waals surface area contributed by atoms with Gasteiger partial charge in [0.05, 0.1) is 5.37 Å². The average molecular weight is 221 g/mol. The van der Waals surface area contributed by atoms with Crippen LogP contribution in [0.2, 0.25) is 0 Å². The Hall–Kier alpha value is -0.630. The number of hydrogen-bond donors (Lipinski definition) is 1. The molecule has 0 radical (unpaired) electrons. The Morgan fingerprint density at radius 3 is 2.53 bits per heavy atom. The standard InChI is InChI=1S/C13H19NS/c1-8(2)10-6-5-7-11-12(10)15-13(14-11)9(3)4/h5-9,13-14H,1-4H3. The van der Waals surface area contributed by atoms with Crippen molar-refractivity contribution in [1.29, 1.82) is 0 Å². The van der Waals surface area contributed by atoms with Gasteiger partial charge in [-0.25, -0.2) is 0 Å². The van der Waals surface area contributed by atoms with E-state index in [4.69, 9.17) is 0 Å². The zero-order valence-electron chi connectivity index (χ0n) is 9.87. The fourth-order valence-corrected chi connectivity index (χ4v) is 3.27. The van der Waals surface area contributed by atoms with Gasteiger partial charge >= 0.3 is 0 Å². The summed E-state index contributed by atoms with van der Waals surface area (Å²) in [7, 11) is 0. The number of anilines is 1. The smallest absolute Gasteiger partial charge is 0.0793 e. The van der Waals surface area contributed by atoms with Crippen LogP contribution in [-0.4, -0.2) is 5.37 Å². The topological polar surface area (TPSA) is 12.0 Å². The Morgan fingerprint density at radius 2 is 1.93 bits per heavy atom. The second kappa shape index (κ2) is 4.09. The highest BCUT2D eigenvalue weighted by Gasteiger charge is 2.26. The maximum atomic E-state index is 3.59. The second-order valence-corrected chi connectivity index (χ2v) is 5.96. The van der Waals surface area contributed by atoms with Crippen LogP contribution in [0.15, 0.2) is 23.1 Å². The molecule has 0 amide bonds. The molecule has 1 aromatic rings. The Balaban J connectivity index is 2.33. The molecule has 2 heteroatoms. The van der Waals surface area contributed by atoms with Crippen molar-refractivity contribution in [3.63, 3.8) is 0 Å². The fraction of sp³-hybridized carbons (Fsp3) is 0.538. The van der Waals surface area contributed by atoms with Gasteiger partial charge in [0.2, 0.25) is 0 Å². The number of thioether (sulfide) groups is 1. The third-order valence-corrected chi connectivity index (χ3v) is 4.42. The van der Waals surface area contributed by atoms with Gasteiger partial charge in [-0.2, -0.15) is 0 Å². The number of benzene rings is 1. The molecule has 1 atom stereocenters. The summed E-state index contributed by atoms with van der Waals surface area (Å²) in [4.78, 5) is 1.46. The first-order valence-corrected chi connectivity index (χ1v) is 6.53. The molecule has 1 N–H and O–H groups in total. The van der Waals surface area contributed by atoms with E-state index in [-0.39, 0.29) is 0 Å². The number of nitrogens with one attached hydrogen (secondary N) is 1. The summed E-state index contributed by atoms with van der Waals surface area (Å²) < 4.78 is 0. The summed E-state index contributed by atoms with van der Waals surface area (Å²) in [6.45, 7) is 9.06. The van der Waals surface area contributed by atoms with Gasteiger partial charge in [-0.05, 0) is 23.5 Å². The number of hydrogen-bond acceptors (Lipinski definition) is 2. The summed E-state index contributed by atoms with van der Waals surface area (Å²) in [6, 6.07) is 6.60. The van der Waals surface area contributed by atoms with Crippen LogP contribution < -0.4 is 5.32 Å². The molecule has 0 saturated heterocycles. The van der Waals surface area contributed by atoms with Crippen LogP contribution in [0, 0.1) is 5.92 Å². The van der Waals surface area contributed by atoms with Crippen molar-refractivity contribution in [2.75, 3.05) is 5.32 Å². The molecule has 1 aliphatic rings. The van der Waals surface area contributed by atoms with E-state index in [1.165, 1.54) is 16.1 Å². The van der Waals surface area contributed by atoms with E-state index in [0.717, 1.165) is 0 Å². The first kappa shape index (κ1) is 10.9. The molecule has 1 aliphatic heterocycles. The van der Waals surface area contributed by atoms with Crippen molar-refractivity contribution < 1.29 is 0 Å². The lowest BCUT2D eigenvalue weighted by Crippen LogP contribution is -2.16. The van der Waals surface area contributed by atoms with Crippen molar-refractivity contribution in [2.24, 2.45) is 5.92 Å². The monoisotopic (exact) mass is 221 g/mol. The normalized spacial score (nSPS) is 19.5. The Bertz CT molecular complexity index is 358. The molecule has 0 spiro atoms. The maximum Gasteiger partial charge on any atom is 0.0793 e. The molecule has 1 heterocycles. The lowest BCUT2D eigenvalue weighted by atomic mass is 10.0. The van der Waals surface area contributed by atoms with E-state index in [1.807, 2.05) is 11.8 Å². The molecule has 1 aromatic carbocycles. The summed E-state index contributed by atoms with van der Waals surface area (Å²) in [6.07, 6.45) is 0. The fourth-order valence-electron chi connectivity index (χ4n) is 1.87. The van der Waals surface area contributed by atoms with E-state index in [1.54, 1.807) is 0 Å². The SMILES string of the molecule is CC(C)c1cccc2c1SC(C(C)C)N2. The van der Waals surface area contributed by atoms with Gasteiger partial charge in [0.25, 0.3) is 0 Å². The largest absolute Gasteiger partial charge is 0.372 e. The van der Waals surface area contributed by atoms with E-state index >= 15 is 0 Å². The lowest BCUT2D eigenvalue weighted by Gasteiger charge is -2.13. The molecule has 1 unspecified atom stereocenters. The highest BCUT2D eigenvalue weighted by Crippen LogP contribution is 2.44. The zero-order chi connectivity index (χ0) is 11.0. The van der Waals surface area contributed by atoms with Crippen LogP contribution in [0.5, 0.6) is 0 Å².